The minimum atomic E-state index is -0.422. The Morgan fingerprint density at radius 3 is 1.77 bits per heavy atom. The van der Waals surface area contributed by atoms with Gasteiger partial charge in [0.05, 0.1) is 12.3 Å². The molecule has 0 aromatic heterocycles. The summed E-state index contributed by atoms with van der Waals surface area (Å²) in [4.78, 5) is 16.8. The number of hydrogen-bond acceptors (Lipinski definition) is 4. The van der Waals surface area contributed by atoms with Crippen LogP contribution in [-0.4, -0.2) is 18.8 Å². The maximum Gasteiger partial charge on any atom is 0.336 e. The summed E-state index contributed by atoms with van der Waals surface area (Å²) in [5.74, 6) is 0.922. The van der Waals surface area contributed by atoms with Gasteiger partial charge in [-0.2, -0.15) is 0 Å². The molecule has 3 aromatic carbocycles. The van der Waals surface area contributed by atoms with Crippen LogP contribution < -0.4 is 9.47 Å². The van der Waals surface area contributed by atoms with Crippen LogP contribution in [0.4, 0.5) is 5.69 Å². The summed E-state index contributed by atoms with van der Waals surface area (Å²) in [6, 6.07) is 21.2. The fourth-order valence-corrected chi connectivity index (χ4v) is 5.07. The van der Waals surface area contributed by atoms with Crippen LogP contribution in [-0.2, 0) is 4.79 Å². The molecule has 0 atom stereocenters. The van der Waals surface area contributed by atoms with Gasteiger partial charge in [-0.25, -0.2) is 4.79 Å². The second-order valence-corrected chi connectivity index (χ2v) is 11.9. The molecule has 0 saturated carbocycles. The minimum absolute atomic E-state index is 0.422. The first-order valence-electron chi connectivity index (χ1n) is 16.9. The van der Waals surface area contributed by atoms with Gasteiger partial charge in [-0.15, -0.1) is 0 Å². The van der Waals surface area contributed by atoms with E-state index in [4.69, 9.17) is 9.47 Å². The van der Waals surface area contributed by atoms with Gasteiger partial charge in [0.25, 0.3) is 0 Å². The average molecular weight is 596 g/mol. The molecule has 0 radical (unpaired) electrons. The number of hydrogen-bond donors (Lipinski definition) is 0. The number of ether oxygens (including phenoxy) is 2. The number of carbonyl (C=O) groups excluding carboxylic acids is 1. The van der Waals surface area contributed by atoms with Gasteiger partial charge >= 0.3 is 5.97 Å². The Morgan fingerprint density at radius 1 is 0.636 bits per heavy atom. The van der Waals surface area contributed by atoms with Gasteiger partial charge in [-0.3, -0.25) is 4.99 Å². The molecule has 44 heavy (non-hydrogen) atoms. The highest BCUT2D eigenvalue weighted by Gasteiger charge is 2.02. The summed E-state index contributed by atoms with van der Waals surface area (Å²) < 4.78 is 11.4. The van der Waals surface area contributed by atoms with Crippen molar-refractivity contribution in [2.45, 2.75) is 111 Å². The van der Waals surface area contributed by atoms with Crippen molar-refractivity contribution < 1.29 is 14.3 Å². The molecule has 0 saturated heterocycles. The number of rotatable bonds is 21. The third-order valence-electron chi connectivity index (χ3n) is 8.01. The summed E-state index contributed by atoms with van der Waals surface area (Å²) in [7, 11) is 0. The van der Waals surface area contributed by atoms with Crippen molar-refractivity contribution in [3.63, 3.8) is 0 Å². The molecule has 3 rings (SSSR count). The SMILES string of the molecule is CCCCCCCCCCCCCCCCOc1ccc(/C=C/C(=O)Oc2ccc(N=Cc3ccc(C)c(C)c3)cc2)cc1. The second kappa shape index (κ2) is 21.1. The Balaban J connectivity index is 1.24. The molecular formula is C40H53NO3. The molecule has 0 N–H and O–H groups in total. The zero-order valence-electron chi connectivity index (χ0n) is 27.4. The highest BCUT2D eigenvalue weighted by atomic mass is 16.5. The standard InChI is InChI=1S/C40H53NO3/c1-4-5-6-7-8-9-10-11-12-13-14-15-16-17-30-43-38-25-20-35(21-26-38)22-29-40(42)44-39-27-23-37(24-28-39)41-32-36-19-18-33(2)34(3)31-36/h18-29,31-32H,4-17,30H2,1-3H3/b29-22+,41-32?. The highest BCUT2D eigenvalue weighted by molar-refractivity contribution is 5.88. The zero-order chi connectivity index (χ0) is 31.2. The summed E-state index contributed by atoms with van der Waals surface area (Å²) in [6.07, 6.45) is 24.0. The molecule has 3 aromatic rings. The summed E-state index contributed by atoms with van der Waals surface area (Å²) in [5, 5.41) is 0. The topological polar surface area (TPSA) is 47.9 Å². The van der Waals surface area contributed by atoms with E-state index >= 15 is 0 Å². The zero-order valence-corrected chi connectivity index (χ0v) is 27.4. The quantitative estimate of drug-likeness (QED) is 0.0404. The smallest absolute Gasteiger partial charge is 0.336 e. The fraction of sp³-hybridized carbons (Fsp3) is 0.450. The van der Waals surface area contributed by atoms with E-state index in [-0.39, 0.29) is 0 Å². The van der Waals surface area contributed by atoms with Crippen molar-refractivity contribution in [3.8, 4) is 11.5 Å². The normalized spacial score (nSPS) is 11.4. The lowest BCUT2D eigenvalue weighted by Crippen LogP contribution is -2.03. The first-order valence-corrected chi connectivity index (χ1v) is 16.9. The number of unbranched alkanes of at least 4 members (excludes halogenated alkanes) is 13. The summed E-state index contributed by atoms with van der Waals surface area (Å²) in [5.41, 5.74) is 5.27. The molecule has 0 fully saturated rings. The predicted octanol–water partition coefficient (Wildman–Crippen LogP) is 11.5. The molecule has 0 aliphatic rings. The molecule has 0 spiro atoms. The number of benzene rings is 3. The van der Waals surface area contributed by atoms with Crippen LogP contribution in [0.5, 0.6) is 11.5 Å². The van der Waals surface area contributed by atoms with Crippen molar-refractivity contribution in [1.82, 2.24) is 0 Å². The number of esters is 1. The second-order valence-electron chi connectivity index (χ2n) is 11.9. The van der Waals surface area contributed by atoms with Crippen molar-refractivity contribution in [3.05, 3.63) is 95.1 Å². The molecule has 0 bridgehead atoms. The minimum Gasteiger partial charge on any atom is -0.494 e. The van der Waals surface area contributed by atoms with Crippen molar-refractivity contribution >= 4 is 23.9 Å². The average Bonchev–Trinajstić information content (AvgIpc) is 3.03. The van der Waals surface area contributed by atoms with Crippen LogP contribution >= 0.6 is 0 Å². The Morgan fingerprint density at radius 2 is 1.18 bits per heavy atom. The molecule has 0 aliphatic heterocycles. The van der Waals surface area contributed by atoms with Crippen LogP contribution in [0.15, 0.2) is 77.8 Å². The van der Waals surface area contributed by atoms with Crippen LogP contribution in [0.1, 0.15) is 119 Å². The van der Waals surface area contributed by atoms with Crippen molar-refractivity contribution in [2.24, 2.45) is 4.99 Å². The third-order valence-corrected chi connectivity index (χ3v) is 8.01. The molecule has 0 amide bonds. The van der Waals surface area contributed by atoms with E-state index in [1.807, 2.05) is 42.6 Å². The molecule has 0 aliphatic carbocycles. The van der Waals surface area contributed by atoms with Crippen LogP contribution in [0.3, 0.4) is 0 Å². The number of aryl methyl sites for hydroxylation is 2. The van der Waals surface area contributed by atoms with E-state index in [0.29, 0.717) is 5.75 Å². The molecule has 0 heterocycles. The van der Waals surface area contributed by atoms with Gasteiger partial charge in [-0.1, -0.05) is 121 Å². The Hall–Kier alpha value is -3.66. The monoisotopic (exact) mass is 595 g/mol. The molecule has 4 heteroatoms. The Labute approximate surface area is 266 Å². The molecule has 236 valence electrons. The van der Waals surface area contributed by atoms with E-state index in [1.165, 1.54) is 101 Å². The van der Waals surface area contributed by atoms with E-state index in [2.05, 4.69) is 44.0 Å². The van der Waals surface area contributed by atoms with Crippen LogP contribution in [0.2, 0.25) is 0 Å². The van der Waals surface area contributed by atoms with E-state index in [9.17, 15) is 4.79 Å². The van der Waals surface area contributed by atoms with Crippen molar-refractivity contribution in [1.29, 1.82) is 0 Å². The number of carbonyl (C=O) groups is 1. The molecule has 0 unspecified atom stereocenters. The van der Waals surface area contributed by atoms with Gasteiger partial charge in [0.1, 0.15) is 11.5 Å². The fourth-order valence-electron chi connectivity index (χ4n) is 5.07. The van der Waals surface area contributed by atoms with Gasteiger partial charge in [-0.05, 0) is 85.0 Å². The third kappa shape index (κ3) is 14.7. The van der Waals surface area contributed by atoms with E-state index in [0.717, 1.165) is 35.6 Å². The van der Waals surface area contributed by atoms with Gasteiger partial charge in [0, 0.05) is 12.3 Å². The van der Waals surface area contributed by atoms with Crippen LogP contribution in [0, 0.1) is 13.8 Å². The number of aliphatic imine (C=N–C) groups is 1. The van der Waals surface area contributed by atoms with E-state index < -0.39 is 5.97 Å². The lowest BCUT2D eigenvalue weighted by Gasteiger charge is -2.07. The van der Waals surface area contributed by atoms with Crippen molar-refractivity contribution in [2.75, 3.05) is 6.61 Å². The molecular weight excluding hydrogens is 542 g/mol. The Kier molecular flexibility index (Phi) is 16.7. The van der Waals surface area contributed by atoms with Gasteiger partial charge < -0.3 is 9.47 Å². The van der Waals surface area contributed by atoms with Gasteiger partial charge in [0.15, 0.2) is 0 Å². The van der Waals surface area contributed by atoms with Crippen LogP contribution in [0.25, 0.3) is 6.08 Å². The Bertz CT molecular complexity index is 1270. The first-order chi connectivity index (χ1) is 21.5. The summed E-state index contributed by atoms with van der Waals surface area (Å²) in [6.45, 7) is 7.21. The largest absolute Gasteiger partial charge is 0.494 e. The summed E-state index contributed by atoms with van der Waals surface area (Å²) >= 11 is 0. The van der Waals surface area contributed by atoms with Gasteiger partial charge in [0.2, 0.25) is 0 Å². The first kappa shape index (κ1) is 34.8. The lowest BCUT2D eigenvalue weighted by molar-refractivity contribution is -0.128. The maximum atomic E-state index is 12.3. The lowest BCUT2D eigenvalue weighted by atomic mass is 10.0. The molecule has 4 nitrogen and oxygen atoms in total. The van der Waals surface area contributed by atoms with E-state index in [1.54, 1.807) is 18.2 Å². The highest BCUT2D eigenvalue weighted by Crippen LogP contribution is 2.20. The maximum absolute atomic E-state index is 12.3. The number of nitrogens with zero attached hydrogens (tertiary/aromatic N) is 1. The predicted molar refractivity (Wildman–Crippen MR) is 187 cm³/mol.